The Bertz CT molecular complexity index is 296. The Kier molecular flexibility index (Phi) is 6.26. The van der Waals surface area contributed by atoms with E-state index in [9.17, 15) is 4.79 Å². The molecule has 2 bridgehead atoms. The van der Waals surface area contributed by atoms with Gasteiger partial charge < -0.3 is 14.6 Å². The molecular formula is C15H27NO4. The lowest BCUT2D eigenvalue weighted by atomic mass is 9.88. The van der Waals surface area contributed by atoms with Crippen molar-refractivity contribution in [3.8, 4) is 0 Å². The van der Waals surface area contributed by atoms with Crippen molar-refractivity contribution in [3.63, 3.8) is 0 Å². The number of rotatable bonds is 9. The summed E-state index contributed by atoms with van der Waals surface area (Å²) in [6.45, 7) is 3.28. The van der Waals surface area contributed by atoms with Crippen molar-refractivity contribution in [3.05, 3.63) is 0 Å². The third-order valence-corrected chi connectivity index (χ3v) is 4.58. The van der Waals surface area contributed by atoms with Gasteiger partial charge in [-0.1, -0.05) is 0 Å². The van der Waals surface area contributed by atoms with E-state index in [1.165, 1.54) is 12.8 Å². The lowest BCUT2D eigenvalue weighted by Crippen LogP contribution is -2.44. The lowest BCUT2D eigenvalue weighted by Gasteiger charge is -2.38. The van der Waals surface area contributed by atoms with E-state index in [4.69, 9.17) is 14.6 Å². The molecule has 5 nitrogen and oxygen atoms in total. The van der Waals surface area contributed by atoms with Crippen LogP contribution in [0.25, 0.3) is 0 Å². The Morgan fingerprint density at radius 2 is 1.90 bits per heavy atom. The number of nitrogens with zero attached hydrogens (tertiary/aromatic N) is 1. The van der Waals surface area contributed by atoms with Gasteiger partial charge in [0.15, 0.2) is 0 Å². The lowest BCUT2D eigenvalue weighted by molar-refractivity contribution is -0.138. The molecule has 20 heavy (non-hydrogen) atoms. The topological polar surface area (TPSA) is 59.0 Å². The van der Waals surface area contributed by atoms with Crippen LogP contribution < -0.4 is 0 Å². The molecule has 2 fully saturated rings. The van der Waals surface area contributed by atoms with Crippen molar-refractivity contribution < 1.29 is 19.4 Å². The fourth-order valence-electron chi connectivity index (χ4n) is 3.74. The molecule has 2 heterocycles. The summed E-state index contributed by atoms with van der Waals surface area (Å²) < 4.78 is 10.6. The van der Waals surface area contributed by atoms with E-state index in [1.54, 1.807) is 7.11 Å². The highest BCUT2D eigenvalue weighted by Gasteiger charge is 2.40. The largest absolute Gasteiger partial charge is 0.481 e. The summed E-state index contributed by atoms with van der Waals surface area (Å²) in [5.74, 6) is -0.270. The maximum absolute atomic E-state index is 10.8. The van der Waals surface area contributed by atoms with Gasteiger partial charge in [-0.2, -0.15) is 0 Å². The van der Waals surface area contributed by atoms with Gasteiger partial charge in [-0.25, -0.2) is 0 Å². The Morgan fingerprint density at radius 1 is 1.20 bits per heavy atom. The van der Waals surface area contributed by atoms with Crippen LogP contribution in [0.4, 0.5) is 0 Å². The smallest absolute Gasteiger partial charge is 0.303 e. The van der Waals surface area contributed by atoms with Gasteiger partial charge in [-0.15, -0.1) is 0 Å². The number of hydrogen-bond donors (Lipinski definition) is 1. The van der Waals surface area contributed by atoms with Crippen LogP contribution in [0.1, 0.15) is 38.5 Å². The van der Waals surface area contributed by atoms with Crippen molar-refractivity contribution in [2.75, 3.05) is 33.5 Å². The maximum atomic E-state index is 10.8. The molecule has 0 aromatic rings. The van der Waals surface area contributed by atoms with Gasteiger partial charge >= 0.3 is 5.97 Å². The monoisotopic (exact) mass is 285 g/mol. The Labute approximate surface area is 121 Å². The summed E-state index contributed by atoms with van der Waals surface area (Å²) in [5, 5.41) is 8.92. The van der Waals surface area contributed by atoms with Crippen LogP contribution >= 0.6 is 0 Å². The van der Waals surface area contributed by atoms with Crippen LogP contribution in [0.5, 0.6) is 0 Å². The number of fused-ring (bicyclic) bond motifs is 2. The number of carboxylic acids is 1. The SMILES string of the molecule is COCCCOCCN1C2CCC1CC(CC(=O)O)C2. The molecule has 2 rings (SSSR count). The van der Waals surface area contributed by atoms with Gasteiger partial charge in [0, 0.05) is 45.4 Å². The molecule has 2 unspecified atom stereocenters. The number of carboxylic acid groups (broad SMARTS) is 1. The van der Waals surface area contributed by atoms with E-state index in [0.717, 1.165) is 45.6 Å². The molecule has 2 aliphatic rings. The zero-order valence-electron chi connectivity index (χ0n) is 12.4. The van der Waals surface area contributed by atoms with Gasteiger partial charge in [0.1, 0.15) is 0 Å². The van der Waals surface area contributed by atoms with E-state index in [2.05, 4.69) is 4.90 Å². The van der Waals surface area contributed by atoms with Gasteiger partial charge in [-0.3, -0.25) is 9.69 Å². The Hall–Kier alpha value is -0.650. The number of aliphatic carboxylic acids is 1. The summed E-state index contributed by atoms with van der Waals surface area (Å²) in [4.78, 5) is 13.4. The molecule has 0 spiro atoms. The fraction of sp³-hybridized carbons (Fsp3) is 0.933. The van der Waals surface area contributed by atoms with E-state index in [0.29, 0.717) is 24.4 Å². The molecule has 0 aromatic heterocycles. The van der Waals surface area contributed by atoms with Crippen LogP contribution in [0, 0.1) is 5.92 Å². The van der Waals surface area contributed by atoms with Crippen molar-refractivity contribution in [1.29, 1.82) is 0 Å². The molecule has 0 amide bonds. The predicted molar refractivity (Wildman–Crippen MR) is 75.8 cm³/mol. The van der Waals surface area contributed by atoms with Crippen LogP contribution in [0.3, 0.4) is 0 Å². The first-order chi connectivity index (χ1) is 9.70. The minimum atomic E-state index is -0.649. The summed E-state index contributed by atoms with van der Waals surface area (Å²) in [6.07, 6.45) is 5.84. The van der Waals surface area contributed by atoms with Crippen molar-refractivity contribution in [2.24, 2.45) is 5.92 Å². The highest BCUT2D eigenvalue weighted by molar-refractivity contribution is 5.67. The molecule has 0 saturated carbocycles. The molecule has 0 aliphatic carbocycles. The quantitative estimate of drug-likeness (QED) is 0.654. The normalized spacial score (nSPS) is 29.8. The molecule has 1 N–H and O–H groups in total. The second-order valence-corrected chi connectivity index (χ2v) is 6.02. The number of carbonyl (C=O) groups is 1. The fourth-order valence-corrected chi connectivity index (χ4v) is 3.74. The summed E-state index contributed by atoms with van der Waals surface area (Å²) in [7, 11) is 1.71. The highest BCUT2D eigenvalue weighted by Crippen LogP contribution is 2.39. The van der Waals surface area contributed by atoms with Crippen molar-refractivity contribution >= 4 is 5.97 Å². The third-order valence-electron chi connectivity index (χ3n) is 4.58. The van der Waals surface area contributed by atoms with E-state index in [1.807, 2.05) is 0 Å². The predicted octanol–water partition coefficient (Wildman–Crippen LogP) is 1.76. The first kappa shape index (κ1) is 15.7. The maximum Gasteiger partial charge on any atom is 0.303 e. The zero-order valence-corrected chi connectivity index (χ0v) is 12.4. The second-order valence-electron chi connectivity index (χ2n) is 6.02. The Morgan fingerprint density at radius 3 is 2.50 bits per heavy atom. The standard InChI is InChI=1S/C15H27NO4/c1-19-6-2-7-20-8-5-16-13-3-4-14(16)10-12(9-13)11-15(17)18/h12-14H,2-11H2,1H3,(H,17,18). The van der Waals surface area contributed by atoms with Crippen molar-refractivity contribution in [1.82, 2.24) is 4.90 Å². The Balaban J connectivity index is 1.66. The van der Waals surface area contributed by atoms with Gasteiger partial charge in [0.25, 0.3) is 0 Å². The number of methoxy groups -OCH3 is 1. The van der Waals surface area contributed by atoms with Gasteiger partial charge in [0.05, 0.1) is 6.61 Å². The molecule has 0 radical (unpaired) electrons. The summed E-state index contributed by atoms with van der Waals surface area (Å²) in [6, 6.07) is 1.17. The molecule has 0 aromatic carbocycles. The van der Waals surface area contributed by atoms with Crippen LogP contribution in [-0.4, -0.2) is 61.5 Å². The first-order valence-corrected chi connectivity index (χ1v) is 7.75. The van der Waals surface area contributed by atoms with E-state index in [-0.39, 0.29) is 0 Å². The zero-order chi connectivity index (χ0) is 14.4. The molecule has 2 atom stereocenters. The summed E-state index contributed by atoms with van der Waals surface area (Å²) in [5.41, 5.74) is 0. The minimum Gasteiger partial charge on any atom is -0.481 e. The molecule has 5 heteroatoms. The van der Waals surface area contributed by atoms with Crippen LogP contribution in [-0.2, 0) is 14.3 Å². The summed E-state index contributed by atoms with van der Waals surface area (Å²) >= 11 is 0. The van der Waals surface area contributed by atoms with Gasteiger partial charge in [0.2, 0.25) is 0 Å². The number of ether oxygens (including phenoxy) is 2. The molecular weight excluding hydrogens is 258 g/mol. The average Bonchev–Trinajstić information content (AvgIpc) is 2.64. The second kappa shape index (κ2) is 7.96. The van der Waals surface area contributed by atoms with Crippen molar-refractivity contribution in [2.45, 2.75) is 50.6 Å². The first-order valence-electron chi connectivity index (χ1n) is 7.75. The van der Waals surface area contributed by atoms with Crippen LogP contribution in [0.15, 0.2) is 0 Å². The number of hydrogen-bond acceptors (Lipinski definition) is 4. The van der Waals surface area contributed by atoms with E-state index >= 15 is 0 Å². The highest BCUT2D eigenvalue weighted by atomic mass is 16.5. The molecule has 116 valence electrons. The third kappa shape index (κ3) is 4.43. The van der Waals surface area contributed by atoms with Crippen LogP contribution in [0.2, 0.25) is 0 Å². The number of piperidine rings is 1. The van der Waals surface area contributed by atoms with Gasteiger partial charge in [-0.05, 0) is 38.0 Å². The molecule has 2 saturated heterocycles. The minimum absolute atomic E-state index is 0.342. The average molecular weight is 285 g/mol. The molecule has 2 aliphatic heterocycles. The van der Waals surface area contributed by atoms with E-state index < -0.39 is 5.97 Å².